The van der Waals surface area contributed by atoms with Gasteiger partial charge in [-0.2, -0.15) is 0 Å². The molecule has 2 nitrogen and oxygen atoms in total. The fourth-order valence-electron chi connectivity index (χ4n) is 2.04. The first-order valence-electron chi connectivity index (χ1n) is 5.77. The Morgan fingerprint density at radius 1 is 1.33 bits per heavy atom. The molecule has 0 radical (unpaired) electrons. The molecule has 0 spiro atoms. The van der Waals surface area contributed by atoms with Gasteiger partial charge in [0.05, 0.1) is 12.2 Å². The molecule has 1 unspecified atom stereocenters. The van der Waals surface area contributed by atoms with Crippen LogP contribution in [0.25, 0.3) is 0 Å². The van der Waals surface area contributed by atoms with Crippen molar-refractivity contribution in [1.29, 1.82) is 0 Å². The fourth-order valence-corrected chi connectivity index (χ4v) is 2.04. The van der Waals surface area contributed by atoms with E-state index in [1.54, 1.807) is 0 Å². The van der Waals surface area contributed by atoms with Gasteiger partial charge in [0.15, 0.2) is 6.29 Å². The third-order valence-electron chi connectivity index (χ3n) is 2.80. The van der Waals surface area contributed by atoms with Crippen LogP contribution in [0.4, 0.5) is 0 Å². The Labute approximate surface area is 93.0 Å². The first kappa shape index (κ1) is 12.5. The minimum absolute atomic E-state index is 0.0383. The van der Waals surface area contributed by atoms with Gasteiger partial charge in [-0.3, -0.25) is 0 Å². The lowest BCUT2D eigenvalue weighted by atomic mass is 9.91. The molecule has 86 valence electrons. The zero-order valence-electron chi connectivity index (χ0n) is 9.71. The first-order chi connectivity index (χ1) is 7.26. The van der Waals surface area contributed by atoms with E-state index >= 15 is 0 Å². The smallest absolute Gasteiger partial charge is 0.158 e. The lowest BCUT2D eigenvalue weighted by Crippen LogP contribution is -2.43. The summed E-state index contributed by atoms with van der Waals surface area (Å²) in [4.78, 5) is 0. The third-order valence-corrected chi connectivity index (χ3v) is 2.80. The summed E-state index contributed by atoms with van der Waals surface area (Å²) in [6, 6.07) is 0. The van der Waals surface area contributed by atoms with Crippen LogP contribution in [-0.4, -0.2) is 18.5 Å². The van der Waals surface area contributed by atoms with Crippen molar-refractivity contribution >= 4 is 0 Å². The van der Waals surface area contributed by atoms with Crippen molar-refractivity contribution in [1.82, 2.24) is 0 Å². The Kier molecular flexibility index (Phi) is 5.06. The highest BCUT2D eigenvalue weighted by Crippen LogP contribution is 2.32. The molecule has 15 heavy (non-hydrogen) atoms. The van der Waals surface area contributed by atoms with Gasteiger partial charge >= 0.3 is 0 Å². The van der Waals surface area contributed by atoms with E-state index in [2.05, 4.69) is 20.1 Å². The van der Waals surface area contributed by atoms with Crippen molar-refractivity contribution in [3.63, 3.8) is 0 Å². The Balaban J connectivity index is 2.60. The SMILES string of the molecule is C=CCC1(CC=C)CCOC(CCC)O1. The molecule has 0 aromatic rings. The Morgan fingerprint density at radius 3 is 2.53 bits per heavy atom. The topological polar surface area (TPSA) is 18.5 Å². The Bertz CT molecular complexity index is 199. The number of rotatable bonds is 6. The van der Waals surface area contributed by atoms with E-state index in [4.69, 9.17) is 9.47 Å². The molecule has 1 saturated heterocycles. The average molecular weight is 210 g/mol. The molecule has 1 aliphatic rings. The number of hydrogen-bond acceptors (Lipinski definition) is 2. The standard InChI is InChI=1S/C13H22O2/c1-4-7-12-14-11-10-13(15-12,8-5-2)9-6-3/h5-6,12H,2-4,7-11H2,1H3. The lowest BCUT2D eigenvalue weighted by molar-refractivity contribution is -0.256. The molecule has 0 bridgehead atoms. The van der Waals surface area contributed by atoms with Crippen LogP contribution < -0.4 is 0 Å². The van der Waals surface area contributed by atoms with Crippen LogP contribution >= 0.6 is 0 Å². The second kappa shape index (κ2) is 6.09. The molecule has 1 rings (SSSR count). The second-order valence-electron chi connectivity index (χ2n) is 4.13. The molecular weight excluding hydrogens is 188 g/mol. The second-order valence-corrected chi connectivity index (χ2v) is 4.13. The predicted octanol–water partition coefficient (Wildman–Crippen LogP) is 3.44. The average Bonchev–Trinajstić information content (AvgIpc) is 2.19. The fraction of sp³-hybridized carbons (Fsp3) is 0.692. The summed E-state index contributed by atoms with van der Waals surface area (Å²) in [7, 11) is 0. The molecular formula is C13H22O2. The first-order valence-corrected chi connectivity index (χ1v) is 5.77. The molecule has 1 atom stereocenters. The van der Waals surface area contributed by atoms with Crippen molar-refractivity contribution in [3.8, 4) is 0 Å². The summed E-state index contributed by atoms with van der Waals surface area (Å²) in [6.07, 6.45) is 8.56. The van der Waals surface area contributed by atoms with Crippen LogP contribution in [0, 0.1) is 0 Å². The molecule has 0 saturated carbocycles. The molecule has 1 aliphatic heterocycles. The van der Waals surface area contributed by atoms with Crippen LogP contribution in [0.5, 0.6) is 0 Å². The summed E-state index contributed by atoms with van der Waals surface area (Å²) in [5.41, 5.74) is -0.110. The molecule has 0 aromatic heterocycles. The van der Waals surface area contributed by atoms with Crippen molar-refractivity contribution in [3.05, 3.63) is 25.3 Å². The van der Waals surface area contributed by atoms with Gasteiger partial charge in [0, 0.05) is 6.42 Å². The quantitative estimate of drug-likeness (QED) is 0.625. The van der Waals surface area contributed by atoms with Crippen molar-refractivity contribution in [2.24, 2.45) is 0 Å². The van der Waals surface area contributed by atoms with Crippen LogP contribution in [0.1, 0.15) is 39.0 Å². The van der Waals surface area contributed by atoms with Gasteiger partial charge in [0.2, 0.25) is 0 Å². The maximum atomic E-state index is 6.03. The van der Waals surface area contributed by atoms with E-state index in [0.29, 0.717) is 0 Å². The summed E-state index contributed by atoms with van der Waals surface area (Å²) < 4.78 is 11.6. The molecule has 2 heteroatoms. The molecule has 1 heterocycles. The van der Waals surface area contributed by atoms with Gasteiger partial charge in [-0.05, 0) is 19.3 Å². The normalized spacial score (nSPS) is 24.7. The molecule has 0 amide bonds. The van der Waals surface area contributed by atoms with E-state index in [1.807, 2.05) is 12.2 Å². The van der Waals surface area contributed by atoms with Gasteiger partial charge in [0.25, 0.3) is 0 Å². The molecule has 0 aromatic carbocycles. The lowest BCUT2D eigenvalue weighted by Gasteiger charge is -2.40. The van der Waals surface area contributed by atoms with Crippen molar-refractivity contribution in [2.75, 3.05) is 6.61 Å². The summed E-state index contributed by atoms with van der Waals surface area (Å²) >= 11 is 0. The zero-order valence-corrected chi connectivity index (χ0v) is 9.71. The maximum Gasteiger partial charge on any atom is 0.158 e. The van der Waals surface area contributed by atoms with Gasteiger partial charge in [-0.1, -0.05) is 25.5 Å². The van der Waals surface area contributed by atoms with Crippen LogP contribution in [0.3, 0.4) is 0 Å². The highest BCUT2D eigenvalue weighted by molar-refractivity contribution is 4.95. The van der Waals surface area contributed by atoms with Crippen LogP contribution in [0.15, 0.2) is 25.3 Å². The Morgan fingerprint density at radius 2 is 2.00 bits per heavy atom. The van der Waals surface area contributed by atoms with Gasteiger partial charge in [-0.15, -0.1) is 13.2 Å². The van der Waals surface area contributed by atoms with Crippen LogP contribution in [-0.2, 0) is 9.47 Å². The number of hydrogen-bond donors (Lipinski definition) is 0. The molecule has 1 fully saturated rings. The monoisotopic (exact) mass is 210 g/mol. The molecule has 0 aliphatic carbocycles. The zero-order chi connectivity index (χ0) is 11.1. The van der Waals surface area contributed by atoms with Crippen LogP contribution in [0.2, 0.25) is 0 Å². The number of ether oxygens (including phenoxy) is 2. The third kappa shape index (κ3) is 3.47. The van der Waals surface area contributed by atoms with Crippen molar-refractivity contribution < 1.29 is 9.47 Å². The van der Waals surface area contributed by atoms with Gasteiger partial charge < -0.3 is 9.47 Å². The van der Waals surface area contributed by atoms with Gasteiger partial charge in [-0.25, -0.2) is 0 Å². The van der Waals surface area contributed by atoms with Gasteiger partial charge in [0.1, 0.15) is 0 Å². The minimum atomic E-state index is -0.110. The predicted molar refractivity (Wildman–Crippen MR) is 62.7 cm³/mol. The highest BCUT2D eigenvalue weighted by atomic mass is 16.7. The van der Waals surface area contributed by atoms with E-state index in [0.717, 1.165) is 38.7 Å². The minimum Gasteiger partial charge on any atom is -0.353 e. The summed E-state index contributed by atoms with van der Waals surface area (Å²) in [5, 5.41) is 0. The van der Waals surface area contributed by atoms with E-state index < -0.39 is 0 Å². The summed E-state index contributed by atoms with van der Waals surface area (Å²) in [6.45, 7) is 10.5. The van der Waals surface area contributed by atoms with E-state index in [9.17, 15) is 0 Å². The van der Waals surface area contributed by atoms with E-state index in [1.165, 1.54) is 0 Å². The Hall–Kier alpha value is -0.600. The highest BCUT2D eigenvalue weighted by Gasteiger charge is 2.35. The maximum absolute atomic E-state index is 6.03. The summed E-state index contributed by atoms with van der Waals surface area (Å²) in [5.74, 6) is 0. The molecule has 0 N–H and O–H groups in total. The largest absolute Gasteiger partial charge is 0.353 e. The van der Waals surface area contributed by atoms with Crippen molar-refractivity contribution in [2.45, 2.75) is 50.9 Å². The van der Waals surface area contributed by atoms with E-state index in [-0.39, 0.29) is 11.9 Å².